The average Bonchev–Trinajstić information content (AvgIpc) is 2.65. The van der Waals surface area contributed by atoms with Crippen molar-refractivity contribution in [3.63, 3.8) is 0 Å². The van der Waals surface area contributed by atoms with E-state index < -0.39 is 5.97 Å². The van der Waals surface area contributed by atoms with Crippen molar-refractivity contribution in [1.82, 2.24) is 4.90 Å². The number of hydrogen-bond donors (Lipinski definition) is 1. The lowest BCUT2D eigenvalue weighted by Gasteiger charge is -2.33. The van der Waals surface area contributed by atoms with Crippen LogP contribution >= 0.6 is 0 Å². The molecule has 1 aliphatic carbocycles. The first-order valence-electron chi connectivity index (χ1n) is 7.74. The molecule has 0 bridgehead atoms. The Labute approximate surface area is 111 Å². The van der Waals surface area contributed by atoms with Gasteiger partial charge < -0.3 is 5.11 Å². The minimum absolute atomic E-state index is 0.204. The fourth-order valence-electron chi connectivity index (χ4n) is 3.54. The normalized spacial score (nSPS) is 27.9. The Kier molecular flexibility index (Phi) is 5.48. The molecule has 0 radical (unpaired) electrons. The molecule has 0 amide bonds. The second-order valence-corrected chi connectivity index (χ2v) is 6.03. The Morgan fingerprint density at radius 1 is 1.00 bits per heavy atom. The van der Waals surface area contributed by atoms with Crippen LogP contribution in [0.1, 0.15) is 64.2 Å². The van der Waals surface area contributed by atoms with E-state index in [0.717, 1.165) is 31.8 Å². The zero-order chi connectivity index (χ0) is 12.8. The van der Waals surface area contributed by atoms with Crippen LogP contribution in [0.15, 0.2) is 0 Å². The fraction of sp³-hybridized carbons (Fsp3) is 0.933. The van der Waals surface area contributed by atoms with Gasteiger partial charge in [0.1, 0.15) is 6.04 Å². The summed E-state index contributed by atoms with van der Waals surface area (Å²) in [5.74, 6) is 0.236. The molecule has 1 atom stereocenters. The molecule has 2 fully saturated rings. The van der Waals surface area contributed by atoms with Crippen LogP contribution in [0.4, 0.5) is 0 Å². The Morgan fingerprint density at radius 3 is 2.33 bits per heavy atom. The Balaban J connectivity index is 1.78. The zero-order valence-electron chi connectivity index (χ0n) is 11.4. The van der Waals surface area contributed by atoms with Crippen LogP contribution in [0.5, 0.6) is 0 Å². The van der Waals surface area contributed by atoms with Gasteiger partial charge >= 0.3 is 5.97 Å². The molecular formula is C15H27NO2. The van der Waals surface area contributed by atoms with Crippen molar-refractivity contribution in [2.24, 2.45) is 5.92 Å². The molecule has 1 N–H and O–H groups in total. The van der Waals surface area contributed by atoms with Crippen molar-refractivity contribution in [2.75, 3.05) is 13.1 Å². The topological polar surface area (TPSA) is 40.5 Å². The third kappa shape index (κ3) is 3.98. The summed E-state index contributed by atoms with van der Waals surface area (Å²) >= 11 is 0. The highest BCUT2D eigenvalue weighted by Gasteiger charge is 2.28. The number of hydrogen-bond acceptors (Lipinski definition) is 2. The second kappa shape index (κ2) is 7.13. The summed E-state index contributed by atoms with van der Waals surface area (Å²) in [6.45, 7) is 1.99. The number of carboxylic acids is 1. The number of aliphatic carboxylic acids is 1. The summed E-state index contributed by atoms with van der Waals surface area (Å²) < 4.78 is 0. The van der Waals surface area contributed by atoms with Crippen LogP contribution < -0.4 is 0 Å². The van der Waals surface area contributed by atoms with Crippen LogP contribution in [0.2, 0.25) is 0 Å². The van der Waals surface area contributed by atoms with Crippen LogP contribution in [0.25, 0.3) is 0 Å². The number of rotatable bonds is 4. The van der Waals surface area contributed by atoms with Crippen LogP contribution in [-0.4, -0.2) is 35.1 Å². The van der Waals surface area contributed by atoms with E-state index in [9.17, 15) is 9.90 Å². The van der Waals surface area contributed by atoms with Crippen molar-refractivity contribution in [3.8, 4) is 0 Å². The highest BCUT2D eigenvalue weighted by atomic mass is 16.4. The Hall–Kier alpha value is -0.570. The summed E-state index contributed by atoms with van der Waals surface area (Å²) in [6, 6.07) is -0.204. The quantitative estimate of drug-likeness (QED) is 0.782. The molecule has 0 aromatic rings. The summed E-state index contributed by atoms with van der Waals surface area (Å²) in [7, 11) is 0. The summed E-state index contributed by atoms with van der Waals surface area (Å²) in [5.41, 5.74) is 0. The Bertz CT molecular complexity index is 259. The molecule has 2 aliphatic rings. The monoisotopic (exact) mass is 253 g/mol. The number of carbonyl (C=O) groups is 1. The van der Waals surface area contributed by atoms with Gasteiger partial charge in [0, 0.05) is 0 Å². The average molecular weight is 253 g/mol. The largest absolute Gasteiger partial charge is 0.480 e. The van der Waals surface area contributed by atoms with Gasteiger partial charge in [-0.3, -0.25) is 9.69 Å². The molecule has 0 aromatic carbocycles. The van der Waals surface area contributed by atoms with E-state index in [0.29, 0.717) is 0 Å². The van der Waals surface area contributed by atoms with Gasteiger partial charge in [0.05, 0.1) is 0 Å². The highest BCUT2D eigenvalue weighted by Crippen LogP contribution is 2.27. The SMILES string of the molecule is O=C(O)C1CCCCN1CCC1CCCCCC1. The predicted molar refractivity (Wildman–Crippen MR) is 72.7 cm³/mol. The van der Waals surface area contributed by atoms with Crippen LogP contribution in [0.3, 0.4) is 0 Å². The summed E-state index contributed by atoms with van der Waals surface area (Å²) in [5, 5.41) is 9.25. The molecule has 3 nitrogen and oxygen atoms in total. The molecule has 18 heavy (non-hydrogen) atoms. The van der Waals surface area contributed by atoms with Gasteiger partial charge in [-0.05, 0) is 38.3 Å². The van der Waals surface area contributed by atoms with Crippen LogP contribution in [-0.2, 0) is 4.79 Å². The number of carboxylic acid groups (broad SMARTS) is 1. The van der Waals surface area contributed by atoms with Gasteiger partial charge in [0.25, 0.3) is 0 Å². The van der Waals surface area contributed by atoms with E-state index >= 15 is 0 Å². The van der Waals surface area contributed by atoms with E-state index in [1.165, 1.54) is 51.4 Å². The standard InChI is InChI=1S/C15H27NO2/c17-15(18)14-9-5-6-11-16(14)12-10-13-7-3-1-2-4-8-13/h13-14H,1-12H2,(H,17,18). The van der Waals surface area contributed by atoms with E-state index in [1.54, 1.807) is 0 Å². The summed E-state index contributed by atoms with van der Waals surface area (Å²) in [4.78, 5) is 13.4. The maximum Gasteiger partial charge on any atom is 0.320 e. The minimum Gasteiger partial charge on any atom is -0.480 e. The molecule has 0 aromatic heterocycles. The lowest BCUT2D eigenvalue weighted by Crippen LogP contribution is -2.45. The van der Waals surface area contributed by atoms with Crippen molar-refractivity contribution in [3.05, 3.63) is 0 Å². The molecule has 104 valence electrons. The molecular weight excluding hydrogens is 226 g/mol. The van der Waals surface area contributed by atoms with Crippen molar-refractivity contribution in [1.29, 1.82) is 0 Å². The molecule has 2 rings (SSSR count). The molecule has 1 aliphatic heterocycles. The first-order valence-corrected chi connectivity index (χ1v) is 7.74. The first-order chi connectivity index (χ1) is 8.77. The lowest BCUT2D eigenvalue weighted by atomic mass is 9.95. The predicted octanol–water partition coefficient (Wildman–Crippen LogP) is 3.29. The number of nitrogens with zero attached hydrogens (tertiary/aromatic N) is 1. The van der Waals surface area contributed by atoms with Gasteiger partial charge in [-0.15, -0.1) is 0 Å². The van der Waals surface area contributed by atoms with Gasteiger partial charge in [0.2, 0.25) is 0 Å². The molecule has 0 spiro atoms. The zero-order valence-corrected chi connectivity index (χ0v) is 11.4. The number of likely N-dealkylation sites (tertiary alicyclic amines) is 1. The smallest absolute Gasteiger partial charge is 0.320 e. The van der Waals surface area contributed by atoms with E-state index in [2.05, 4.69) is 4.90 Å². The first kappa shape index (κ1) is 13.9. The lowest BCUT2D eigenvalue weighted by molar-refractivity contribution is -0.144. The van der Waals surface area contributed by atoms with Crippen molar-refractivity contribution >= 4 is 5.97 Å². The molecule has 3 heteroatoms. The van der Waals surface area contributed by atoms with Gasteiger partial charge in [-0.2, -0.15) is 0 Å². The molecule has 1 saturated heterocycles. The minimum atomic E-state index is -0.615. The maximum atomic E-state index is 11.2. The maximum absolute atomic E-state index is 11.2. The third-order valence-corrected chi connectivity index (χ3v) is 4.70. The highest BCUT2D eigenvalue weighted by molar-refractivity contribution is 5.73. The fourth-order valence-corrected chi connectivity index (χ4v) is 3.54. The third-order valence-electron chi connectivity index (χ3n) is 4.70. The number of piperidine rings is 1. The molecule has 1 heterocycles. The van der Waals surface area contributed by atoms with Crippen LogP contribution in [0, 0.1) is 5.92 Å². The van der Waals surface area contributed by atoms with E-state index in [-0.39, 0.29) is 6.04 Å². The van der Waals surface area contributed by atoms with E-state index in [1.807, 2.05) is 0 Å². The Morgan fingerprint density at radius 2 is 1.67 bits per heavy atom. The van der Waals surface area contributed by atoms with Crippen molar-refractivity contribution < 1.29 is 9.90 Å². The summed E-state index contributed by atoms with van der Waals surface area (Å²) in [6.07, 6.45) is 12.6. The molecule has 1 saturated carbocycles. The second-order valence-electron chi connectivity index (χ2n) is 6.03. The van der Waals surface area contributed by atoms with Gasteiger partial charge in [0.15, 0.2) is 0 Å². The molecule has 1 unspecified atom stereocenters. The van der Waals surface area contributed by atoms with Gasteiger partial charge in [-0.1, -0.05) is 44.9 Å². The van der Waals surface area contributed by atoms with Gasteiger partial charge in [-0.25, -0.2) is 0 Å². The van der Waals surface area contributed by atoms with E-state index in [4.69, 9.17) is 0 Å². The van der Waals surface area contributed by atoms with Crippen molar-refractivity contribution in [2.45, 2.75) is 70.3 Å².